The number of rotatable bonds is 5. The predicted octanol–water partition coefficient (Wildman–Crippen LogP) is 2.59. The van der Waals surface area contributed by atoms with Gasteiger partial charge in [0.1, 0.15) is 5.76 Å². The minimum Gasteiger partial charge on any atom is -0.508 e. The Bertz CT molecular complexity index is 256. The second-order valence-electron chi connectivity index (χ2n) is 4.25. The smallest absolute Gasteiger partial charge is 0.111 e. The third-order valence-corrected chi connectivity index (χ3v) is 2.29. The molecule has 0 heterocycles. The van der Waals surface area contributed by atoms with E-state index in [-0.39, 0.29) is 11.7 Å². The van der Waals surface area contributed by atoms with E-state index in [1.807, 2.05) is 26.8 Å². The van der Waals surface area contributed by atoms with Crippen LogP contribution in [0.1, 0.15) is 27.2 Å². The second kappa shape index (κ2) is 5.33. The molecule has 86 valence electrons. The molecule has 0 aromatic rings. The summed E-state index contributed by atoms with van der Waals surface area (Å²) in [7, 11) is 0. The van der Waals surface area contributed by atoms with Gasteiger partial charge in [-0.1, -0.05) is 0 Å². The third-order valence-electron chi connectivity index (χ3n) is 2.29. The van der Waals surface area contributed by atoms with Crippen LogP contribution in [0.5, 0.6) is 0 Å². The summed E-state index contributed by atoms with van der Waals surface area (Å²) in [6, 6.07) is 0. The minimum absolute atomic E-state index is 0.243. The lowest BCUT2D eigenvalue weighted by molar-refractivity contribution is -0.0396. The van der Waals surface area contributed by atoms with E-state index in [1.54, 1.807) is 12.2 Å². The average Bonchev–Trinajstić information content (AvgIpc) is 2.18. The monoisotopic (exact) mass is 212 g/mol. The van der Waals surface area contributed by atoms with Crippen molar-refractivity contribution in [2.45, 2.75) is 38.9 Å². The van der Waals surface area contributed by atoms with E-state index in [1.165, 1.54) is 0 Å². The van der Waals surface area contributed by atoms with Gasteiger partial charge in [-0.3, -0.25) is 0 Å². The number of hydrogen-bond acceptors (Lipinski definition) is 3. The third kappa shape index (κ3) is 4.49. The Morgan fingerprint density at radius 2 is 2.20 bits per heavy atom. The number of ether oxygens (including phenoxy) is 2. The molecule has 1 aliphatic rings. The largest absolute Gasteiger partial charge is 0.508 e. The van der Waals surface area contributed by atoms with Crippen molar-refractivity contribution in [1.82, 2.24) is 0 Å². The number of allylic oxidation sites excluding steroid dienone is 1. The van der Waals surface area contributed by atoms with E-state index >= 15 is 0 Å². The lowest BCUT2D eigenvalue weighted by Gasteiger charge is -2.27. The zero-order chi connectivity index (χ0) is 11.3. The van der Waals surface area contributed by atoms with Crippen LogP contribution in [0.2, 0.25) is 0 Å². The topological polar surface area (TPSA) is 38.7 Å². The summed E-state index contributed by atoms with van der Waals surface area (Å²) in [6.45, 7) is 7.19. The molecule has 0 fully saturated rings. The van der Waals surface area contributed by atoms with Crippen LogP contribution in [0.4, 0.5) is 0 Å². The van der Waals surface area contributed by atoms with Crippen LogP contribution in [0.3, 0.4) is 0 Å². The fourth-order valence-electron chi connectivity index (χ4n) is 1.37. The van der Waals surface area contributed by atoms with Crippen molar-refractivity contribution in [1.29, 1.82) is 0 Å². The van der Waals surface area contributed by atoms with Crippen molar-refractivity contribution in [3.63, 3.8) is 0 Å². The van der Waals surface area contributed by atoms with E-state index in [9.17, 15) is 5.11 Å². The second-order valence-corrected chi connectivity index (χ2v) is 4.25. The van der Waals surface area contributed by atoms with Gasteiger partial charge in [0.25, 0.3) is 0 Å². The van der Waals surface area contributed by atoms with Gasteiger partial charge in [-0.05, 0) is 39.0 Å². The van der Waals surface area contributed by atoms with Crippen LogP contribution in [0, 0.1) is 0 Å². The maximum absolute atomic E-state index is 9.18. The molecule has 1 N–H and O–H groups in total. The molecule has 0 spiro atoms. The molecule has 3 heteroatoms. The highest BCUT2D eigenvalue weighted by molar-refractivity contribution is 5.21. The fourth-order valence-corrected chi connectivity index (χ4v) is 1.37. The van der Waals surface area contributed by atoms with Crippen LogP contribution in [-0.4, -0.2) is 30.0 Å². The first kappa shape index (κ1) is 12.3. The molecule has 1 rings (SSSR count). The van der Waals surface area contributed by atoms with Gasteiger partial charge >= 0.3 is 0 Å². The predicted molar refractivity (Wildman–Crippen MR) is 59.9 cm³/mol. The van der Waals surface area contributed by atoms with Crippen LogP contribution in [0.25, 0.3) is 0 Å². The average molecular weight is 212 g/mol. The molecule has 3 nitrogen and oxygen atoms in total. The van der Waals surface area contributed by atoms with Crippen molar-refractivity contribution in [3.05, 3.63) is 24.0 Å². The van der Waals surface area contributed by atoms with E-state index in [0.29, 0.717) is 25.4 Å². The Morgan fingerprint density at radius 1 is 1.47 bits per heavy atom. The molecular weight excluding hydrogens is 192 g/mol. The molecule has 1 unspecified atom stereocenters. The summed E-state index contributed by atoms with van der Waals surface area (Å²) >= 11 is 0. The molecule has 1 aliphatic carbocycles. The first-order chi connectivity index (χ1) is 7.02. The highest BCUT2D eigenvalue weighted by Crippen LogP contribution is 2.23. The van der Waals surface area contributed by atoms with Crippen molar-refractivity contribution in [2.24, 2.45) is 0 Å². The maximum atomic E-state index is 9.18. The lowest BCUT2D eigenvalue weighted by atomic mass is 9.97. The Kier molecular flexibility index (Phi) is 4.36. The summed E-state index contributed by atoms with van der Waals surface area (Å²) in [6.07, 6.45) is 6.28. The summed E-state index contributed by atoms with van der Waals surface area (Å²) in [4.78, 5) is 0. The molecule has 0 aromatic carbocycles. The van der Waals surface area contributed by atoms with Gasteiger partial charge in [-0.15, -0.1) is 0 Å². The molecule has 0 radical (unpaired) electrons. The first-order valence-corrected chi connectivity index (χ1v) is 5.36. The van der Waals surface area contributed by atoms with E-state index in [4.69, 9.17) is 9.47 Å². The van der Waals surface area contributed by atoms with Crippen molar-refractivity contribution in [2.75, 3.05) is 13.2 Å². The number of aliphatic hydroxyl groups is 1. The van der Waals surface area contributed by atoms with Gasteiger partial charge in [0.15, 0.2) is 0 Å². The standard InChI is InChI=1S/C12H20O3/c1-10(2)14-8-9-15-12(3)6-4-11(13)5-7-12/h4-6,10,13H,7-9H2,1-3H3. The molecule has 0 bridgehead atoms. The van der Waals surface area contributed by atoms with Crippen LogP contribution in [-0.2, 0) is 9.47 Å². The Labute approximate surface area is 91.4 Å². The molecule has 0 saturated carbocycles. The zero-order valence-electron chi connectivity index (χ0n) is 9.69. The van der Waals surface area contributed by atoms with Gasteiger partial charge in [0.2, 0.25) is 0 Å². The van der Waals surface area contributed by atoms with Crippen LogP contribution in [0.15, 0.2) is 24.0 Å². The van der Waals surface area contributed by atoms with Crippen LogP contribution >= 0.6 is 0 Å². The normalized spacial score (nSPS) is 25.7. The van der Waals surface area contributed by atoms with Crippen molar-refractivity contribution >= 4 is 0 Å². The molecule has 0 aliphatic heterocycles. The highest BCUT2D eigenvalue weighted by Gasteiger charge is 2.22. The van der Waals surface area contributed by atoms with E-state index in [0.717, 1.165) is 0 Å². The van der Waals surface area contributed by atoms with E-state index < -0.39 is 0 Å². The summed E-state index contributed by atoms with van der Waals surface area (Å²) in [5.41, 5.74) is -0.299. The summed E-state index contributed by atoms with van der Waals surface area (Å²) in [5.74, 6) is 0.314. The van der Waals surface area contributed by atoms with Crippen LogP contribution < -0.4 is 0 Å². The van der Waals surface area contributed by atoms with Gasteiger partial charge < -0.3 is 14.6 Å². The molecule has 0 aromatic heterocycles. The Hall–Kier alpha value is -0.800. The molecule has 1 atom stereocenters. The molecule has 15 heavy (non-hydrogen) atoms. The maximum Gasteiger partial charge on any atom is 0.111 e. The summed E-state index contributed by atoms with van der Waals surface area (Å²) in [5, 5.41) is 9.18. The lowest BCUT2D eigenvalue weighted by Crippen LogP contribution is -2.29. The van der Waals surface area contributed by atoms with Crippen molar-refractivity contribution < 1.29 is 14.6 Å². The van der Waals surface area contributed by atoms with Gasteiger partial charge in [0.05, 0.1) is 24.9 Å². The Balaban J connectivity index is 2.24. The minimum atomic E-state index is -0.299. The molecular formula is C12H20O3. The number of hydrogen-bond donors (Lipinski definition) is 1. The molecule has 0 amide bonds. The fraction of sp³-hybridized carbons (Fsp3) is 0.667. The van der Waals surface area contributed by atoms with E-state index in [2.05, 4.69) is 0 Å². The number of aliphatic hydroxyl groups excluding tert-OH is 1. The van der Waals surface area contributed by atoms with Crippen molar-refractivity contribution in [3.8, 4) is 0 Å². The highest BCUT2D eigenvalue weighted by atomic mass is 16.5. The van der Waals surface area contributed by atoms with Gasteiger partial charge in [-0.25, -0.2) is 0 Å². The van der Waals surface area contributed by atoms with Gasteiger partial charge in [-0.2, -0.15) is 0 Å². The summed E-state index contributed by atoms with van der Waals surface area (Å²) < 4.78 is 11.1. The molecule has 0 saturated heterocycles. The SMILES string of the molecule is CC(C)OCCOC1(C)C=CC(O)=CC1. The first-order valence-electron chi connectivity index (χ1n) is 5.36. The Morgan fingerprint density at radius 3 is 2.73 bits per heavy atom. The zero-order valence-corrected chi connectivity index (χ0v) is 9.69. The quantitative estimate of drug-likeness (QED) is 0.712. The van der Waals surface area contributed by atoms with Gasteiger partial charge in [0, 0.05) is 6.42 Å².